The van der Waals surface area contributed by atoms with Gasteiger partial charge in [0.15, 0.2) is 6.10 Å². The number of carbonyl (C=O) groups is 1. The molecule has 0 fully saturated rings. The molecule has 2 aromatic carbocycles. The normalized spacial score (nSPS) is 11.9. The minimum Gasteiger partial charge on any atom is -0.491 e. The Morgan fingerprint density at radius 2 is 1.50 bits per heavy atom. The molecule has 0 saturated heterocycles. The van der Waals surface area contributed by atoms with E-state index in [1.54, 1.807) is 0 Å². The molecule has 0 aliphatic rings. The van der Waals surface area contributed by atoms with Crippen molar-refractivity contribution in [1.29, 1.82) is 0 Å². The Balaban J connectivity index is 1.97. The second-order valence-corrected chi connectivity index (χ2v) is 6.01. The first-order valence-corrected chi connectivity index (χ1v) is 8.29. The largest absolute Gasteiger partial charge is 0.491 e. The van der Waals surface area contributed by atoms with Crippen LogP contribution >= 0.6 is 0 Å². The van der Waals surface area contributed by atoms with Gasteiger partial charge in [0.25, 0.3) is 5.91 Å². The minimum atomic E-state index is -0.528. The summed E-state index contributed by atoms with van der Waals surface area (Å²) in [5, 5.41) is 2.89. The maximum absolute atomic E-state index is 12.4. The number of hydrogen-bond acceptors (Lipinski definition) is 3. The average molecular weight is 327 g/mol. The molecule has 1 N–H and O–H groups in total. The van der Waals surface area contributed by atoms with Crippen molar-refractivity contribution in [1.82, 2.24) is 0 Å². The van der Waals surface area contributed by atoms with Crippen LogP contribution in [0.3, 0.4) is 0 Å². The van der Waals surface area contributed by atoms with Crippen LogP contribution in [0.5, 0.6) is 11.5 Å². The van der Waals surface area contributed by atoms with Gasteiger partial charge in [0.05, 0.1) is 6.10 Å². The summed E-state index contributed by atoms with van der Waals surface area (Å²) in [5.74, 6) is 1.32. The molecular formula is C20H25NO3. The number of hydrogen-bond donors (Lipinski definition) is 1. The number of rotatable bonds is 7. The number of ether oxygens (including phenoxy) is 2. The van der Waals surface area contributed by atoms with Gasteiger partial charge in [-0.05, 0) is 63.6 Å². The zero-order valence-electron chi connectivity index (χ0n) is 14.7. The lowest BCUT2D eigenvalue weighted by molar-refractivity contribution is -0.122. The molecular weight excluding hydrogens is 302 g/mol. The van der Waals surface area contributed by atoms with Crippen LogP contribution in [0.2, 0.25) is 0 Å². The van der Waals surface area contributed by atoms with E-state index in [2.05, 4.69) is 5.32 Å². The van der Waals surface area contributed by atoms with E-state index >= 15 is 0 Å². The van der Waals surface area contributed by atoms with Crippen molar-refractivity contribution in [2.75, 3.05) is 5.32 Å². The molecule has 0 saturated carbocycles. The summed E-state index contributed by atoms with van der Waals surface area (Å²) in [6.07, 6.45) is 0.186. The summed E-state index contributed by atoms with van der Waals surface area (Å²) < 4.78 is 11.4. The van der Waals surface area contributed by atoms with Crippen molar-refractivity contribution < 1.29 is 14.3 Å². The molecule has 0 radical (unpaired) electrons. The Labute approximate surface area is 143 Å². The lowest BCUT2D eigenvalue weighted by Gasteiger charge is -2.17. The topological polar surface area (TPSA) is 47.6 Å². The molecule has 0 heterocycles. The Hall–Kier alpha value is -2.49. The SMILES string of the molecule is CC[C@@H](Oc1ccc(C)cc1)C(=O)Nc1ccc(OC(C)C)cc1. The van der Waals surface area contributed by atoms with E-state index in [1.165, 1.54) is 0 Å². The van der Waals surface area contributed by atoms with Crippen LogP contribution in [0.15, 0.2) is 48.5 Å². The average Bonchev–Trinajstić information content (AvgIpc) is 2.55. The van der Waals surface area contributed by atoms with E-state index in [4.69, 9.17) is 9.47 Å². The first-order chi connectivity index (χ1) is 11.5. The van der Waals surface area contributed by atoms with Gasteiger partial charge in [0, 0.05) is 5.69 Å². The predicted octanol–water partition coefficient (Wildman–Crippen LogP) is 4.58. The van der Waals surface area contributed by atoms with Gasteiger partial charge in [-0.3, -0.25) is 4.79 Å². The molecule has 4 nitrogen and oxygen atoms in total. The lowest BCUT2D eigenvalue weighted by Crippen LogP contribution is -2.32. The molecule has 1 atom stereocenters. The first kappa shape index (κ1) is 17.9. The fourth-order valence-electron chi connectivity index (χ4n) is 2.22. The molecule has 24 heavy (non-hydrogen) atoms. The molecule has 0 aliphatic carbocycles. The van der Waals surface area contributed by atoms with Gasteiger partial charge in [-0.1, -0.05) is 24.6 Å². The predicted molar refractivity (Wildman–Crippen MR) is 96.7 cm³/mol. The highest BCUT2D eigenvalue weighted by Gasteiger charge is 2.18. The van der Waals surface area contributed by atoms with Gasteiger partial charge >= 0.3 is 0 Å². The zero-order chi connectivity index (χ0) is 17.5. The fraction of sp³-hybridized carbons (Fsp3) is 0.350. The summed E-state index contributed by atoms with van der Waals surface area (Å²) in [4.78, 5) is 12.4. The molecule has 0 spiro atoms. The van der Waals surface area contributed by atoms with E-state index in [0.717, 1.165) is 17.0 Å². The second kappa shape index (κ2) is 8.39. The maximum Gasteiger partial charge on any atom is 0.265 e. The monoisotopic (exact) mass is 327 g/mol. The van der Waals surface area contributed by atoms with Gasteiger partial charge in [-0.25, -0.2) is 0 Å². The Morgan fingerprint density at radius 3 is 2.04 bits per heavy atom. The van der Waals surface area contributed by atoms with Crippen LogP contribution in [0, 0.1) is 6.92 Å². The number of nitrogens with one attached hydrogen (secondary N) is 1. The van der Waals surface area contributed by atoms with Crippen molar-refractivity contribution in [3.05, 3.63) is 54.1 Å². The first-order valence-electron chi connectivity index (χ1n) is 8.29. The standard InChI is InChI=1S/C20H25NO3/c1-5-19(24-18-10-6-15(4)7-11-18)20(22)21-16-8-12-17(13-9-16)23-14(2)3/h6-14,19H,5H2,1-4H3,(H,21,22)/t19-/m1/s1. The highest BCUT2D eigenvalue weighted by atomic mass is 16.5. The summed E-state index contributed by atoms with van der Waals surface area (Å²) in [5.41, 5.74) is 1.88. The Morgan fingerprint density at radius 1 is 0.958 bits per heavy atom. The minimum absolute atomic E-state index is 0.123. The van der Waals surface area contributed by atoms with Crippen molar-refractivity contribution in [2.24, 2.45) is 0 Å². The molecule has 0 aromatic heterocycles. The lowest BCUT2D eigenvalue weighted by atomic mass is 10.2. The molecule has 2 rings (SSSR count). The van der Waals surface area contributed by atoms with Crippen LogP contribution in [0.25, 0.3) is 0 Å². The van der Waals surface area contributed by atoms with E-state index < -0.39 is 6.10 Å². The third kappa shape index (κ3) is 5.30. The Bertz CT molecular complexity index is 648. The molecule has 2 aromatic rings. The van der Waals surface area contributed by atoms with E-state index in [1.807, 2.05) is 76.2 Å². The summed E-state index contributed by atoms with van der Waals surface area (Å²) in [7, 11) is 0. The highest BCUT2D eigenvalue weighted by Crippen LogP contribution is 2.19. The van der Waals surface area contributed by atoms with Crippen LogP contribution in [0.1, 0.15) is 32.8 Å². The summed E-state index contributed by atoms with van der Waals surface area (Å²) in [6, 6.07) is 15.0. The summed E-state index contributed by atoms with van der Waals surface area (Å²) >= 11 is 0. The smallest absolute Gasteiger partial charge is 0.265 e. The van der Waals surface area contributed by atoms with Crippen LogP contribution in [0.4, 0.5) is 5.69 Å². The zero-order valence-corrected chi connectivity index (χ0v) is 14.7. The number of anilines is 1. The van der Waals surface area contributed by atoms with E-state index in [9.17, 15) is 4.79 Å². The molecule has 0 bridgehead atoms. The molecule has 0 unspecified atom stereocenters. The van der Waals surface area contributed by atoms with Gasteiger partial charge in [0.1, 0.15) is 11.5 Å². The quantitative estimate of drug-likeness (QED) is 0.810. The molecule has 1 amide bonds. The van der Waals surface area contributed by atoms with Crippen LogP contribution < -0.4 is 14.8 Å². The number of amides is 1. The third-order valence-corrected chi connectivity index (χ3v) is 3.46. The van der Waals surface area contributed by atoms with Crippen molar-refractivity contribution in [2.45, 2.75) is 46.3 Å². The fourth-order valence-corrected chi connectivity index (χ4v) is 2.22. The highest BCUT2D eigenvalue weighted by molar-refractivity contribution is 5.94. The van der Waals surface area contributed by atoms with Crippen molar-refractivity contribution in [3.8, 4) is 11.5 Å². The number of aryl methyl sites for hydroxylation is 1. The van der Waals surface area contributed by atoms with Crippen molar-refractivity contribution >= 4 is 11.6 Å². The Kier molecular flexibility index (Phi) is 6.24. The van der Waals surface area contributed by atoms with Crippen LogP contribution in [-0.2, 0) is 4.79 Å². The molecule has 0 aliphatic heterocycles. The van der Waals surface area contributed by atoms with Crippen molar-refractivity contribution in [3.63, 3.8) is 0 Å². The van der Waals surface area contributed by atoms with Gasteiger partial charge in [0.2, 0.25) is 0 Å². The van der Waals surface area contributed by atoms with Gasteiger partial charge in [-0.2, -0.15) is 0 Å². The molecule has 4 heteroatoms. The van der Waals surface area contributed by atoms with E-state index in [0.29, 0.717) is 12.2 Å². The van der Waals surface area contributed by atoms with Gasteiger partial charge < -0.3 is 14.8 Å². The maximum atomic E-state index is 12.4. The second-order valence-electron chi connectivity index (χ2n) is 6.01. The number of benzene rings is 2. The third-order valence-electron chi connectivity index (χ3n) is 3.46. The van der Waals surface area contributed by atoms with E-state index in [-0.39, 0.29) is 12.0 Å². The summed E-state index contributed by atoms with van der Waals surface area (Å²) in [6.45, 7) is 7.90. The number of carbonyl (C=O) groups excluding carboxylic acids is 1. The van der Waals surface area contributed by atoms with Crippen LogP contribution in [-0.4, -0.2) is 18.1 Å². The molecule has 128 valence electrons. The van der Waals surface area contributed by atoms with Gasteiger partial charge in [-0.15, -0.1) is 0 Å².